The maximum Gasteiger partial charge on any atom is 0.143 e. The molecule has 0 fully saturated rings. The Morgan fingerprint density at radius 2 is 2.23 bits per heavy atom. The van der Waals surface area contributed by atoms with E-state index in [2.05, 4.69) is 25.4 Å². The molecule has 1 aromatic carbocycles. The number of tetrazole rings is 1. The van der Waals surface area contributed by atoms with E-state index >= 15 is 0 Å². The van der Waals surface area contributed by atoms with Gasteiger partial charge < -0.3 is 9.64 Å². The molecule has 0 aliphatic rings. The molecule has 3 rings (SSSR count). The van der Waals surface area contributed by atoms with E-state index in [1.54, 1.807) is 22.3 Å². The van der Waals surface area contributed by atoms with Crippen molar-refractivity contribution in [2.45, 2.75) is 13.2 Å². The molecule has 7 nitrogen and oxygen atoms in total. The van der Waals surface area contributed by atoms with Gasteiger partial charge in [-0.05, 0) is 36.7 Å². The summed E-state index contributed by atoms with van der Waals surface area (Å²) in [6.45, 7) is 1.29. The Morgan fingerprint density at radius 1 is 1.32 bits per heavy atom. The second-order valence-electron chi connectivity index (χ2n) is 5.01. The maximum absolute atomic E-state index is 5.80. The van der Waals surface area contributed by atoms with E-state index in [4.69, 9.17) is 4.74 Å². The molecule has 3 aromatic rings. The highest BCUT2D eigenvalue weighted by Gasteiger charge is 2.05. The van der Waals surface area contributed by atoms with Gasteiger partial charge in [0, 0.05) is 18.0 Å². The summed E-state index contributed by atoms with van der Waals surface area (Å²) in [7, 11) is 4.06. The largest absolute Gasteiger partial charge is 0.487 e. The Hall–Kier alpha value is -2.32. The summed E-state index contributed by atoms with van der Waals surface area (Å²) in [6, 6.07) is 7.62. The highest BCUT2D eigenvalue weighted by Crippen LogP contribution is 2.18. The van der Waals surface area contributed by atoms with Gasteiger partial charge in [0.1, 0.15) is 23.7 Å². The first-order valence-electron chi connectivity index (χ1n) is 6.75. The van der Waals surface area contributed by atoms with Crippen LogP contribution in [0, 0.1) is 0 Å². The minimum atomic E-state index is 0.447. The Kier molecular flexibility index (Phi) is 4.40. The van der Waals surface area contributed by atoms with Crippen molar-refractivity contribution in [3.05, 3.63) is 46.7 Å². The molecule has 0 unspecified atom stereocenters. The van der Waals surface area contributed by atoms with Crippen LogP contribution in [-0.4, -0.2) is 44.2 Å². The Morgan fingerprint density at radius 3 is 3.00 bits per heavy atom. The van der Waals surface area contributed by atoms with Crippen LogP contribution < -0.4 is 4.74 Å². The third-order valence-corrected chi connectivity index (χ3v) is 3.75. The molecule has 2 heterocycles. The number of rotatable bonds is 6. The van der Waals surface area contributed by atoms with Crippen molar-refractivity contribution < 1.29 is 4.74 Å². The zero-order valence-electron chi connectivity index (χ0n) is 12.4. The van der Waals surface area contributed by atoms with Crippen LogP contribution in [0.2, 0.25) is 0 Å². The van der Waals surface area contributed by atoms with Gasteiger partial charge in [0.25, 0.3) is 0 Å². The standard InChI is InChI=1S/C14H16N6OS/c1-19(2)7-14-16-11(9-22-14)8-21-13-5-3-4-12(6-13)20-10-15-17-18-20/h3-6,9-10H,7-8H2,1-2H3. The summed E-state index contributed by atoms with van der Waals surface area (Å²) < 4.78 is 7.39. The van der Waals surface area contributed by atoms with Gasteiger partial charge in [-0.25, -0.2) is 9.67 Å². The van der Waals surface area contributed by atoms with Crippen molar-refractivity contribution in [2.75, 3.05) is 14.1 Å². The molecule has 2 aromatic heterocycles. The third-order valence-electron chi connectivity index (χ3n) is 2.87. The van der Waals surface area contributed by atoms with E-state index in [-0.39, 0.29) is 0 Å². The average Bonchev–Trinajstić information content (AvgIpc) is 3.16. The van der Waals surface area contributed by atoms with Crippen LogP contribution in [-0.2, 0) is 13.2 Å². The molecular formula is C14H16N6OS. The van der Waals surface area contributed by atoms with Crippen LogP contribution in [0.1, 0.15) is 10.7 Å². The number of benzene rings is 1. The zero-order valence-corrected chi connectivity index (χ0v) is 13.2. The van der Waals surface area contributed by atoms with Gasteiger partial charge in [-0.1, -0.05) is 6.07 Å². The van der Waals surface area contributed by atoms with Gasteiger partial charge in [0.2, 0.25) is 0 Å². The Labute approximate surface area is 132 Å². The van der Waals surface area contributed by atoms with Crippen molar-refractivity contribution in [3.63, 3.8) is 0 Å². The van der Waals surface area contributed by atoms with E-state index in [9.17, 15) is 0 Å². The molecule has 0 aliphatic carbocycles. The molecule has 8 heteroatoms. The fraction of sp³-hybridized carbons (Fsp3) is 0.286. The van der Waals surface area contributed by atoms with Gasteiger partial charge in [0.05, 0.1) is 11.4 Å². The van der Waals surface area contributed by atoms with Crippen LogP contribution in [0.5, 0.6) is 5.75 Å². The Bertz CT molecular complexity index is 725. The SMILES string of the molecule is CN(C)Cc1nc(COc2cccc(-n3cnnn3)c2)cs1. The summed E-state index contributed by atoms with van der Waals surface area (Å²) in [5.41, 5.74) is 1.80. The summed E-state index contributed by atoms with van der Waals surface area (Å²) in [4.78, 5) is 6.65. The van der Waals surface area contributed by atoms with Crippen molar-refractivity contribution in [1.82, 2.24) is 30.1 Å². The van der Waals surface area contributed by atoms with Crippen molar-refractivity contribution in [1.29, 1.82) is 0 Å². The lowest BCUT2D eigenvalue weighted by Gasteiger charge is -2.07. The summed E-state index contributed by atoms with van der Waals surface area (Å²) in [6.07, 6.45) is 1.55. The van der Waals surface area contributed by atoms with Crippen LogP contribution in [0.25, 0.3) is 5.69 Å². The smallest absolute Gasteiger partial charge is 0.143 e. The fourth-order valence-corrected chi connectivity index (χ4v) is 2.81. The fourth-order valence-electron chi connectivity index (χ4n) is 1.91. The average molecular weight is 316 g/mol. The van der Waals surface area contributed by atoms with Gasteiger partial charge in [-0.15, -0.1) is 16.4 Å². The molecule has 0 amide bonds. The summed E-state index contributed by atoms with van der Waals surface area (Å²) >= 11 is 1.65. The van der Waals surface area contributed by atoms with Crippen LogP contribution >= 0.6 is 11.3 Å². The second kappa shape index (κ2) is 6.63. The molecule has 0 saturated carbocycles. The lowest BCUT2D eigenvalue weighted by molar-refractivity contribution is 0.301. The third kappa shape index (κ3) is 3.66. The second-order valence-corrected chi connectivity index (χ2v) is 5.95. The predicted octanol–water partition coefficient (Wildman–Crippen LogP) is 1.76. The number of nitrogens with zero attached hydrogens (tertiary/aromatic N) is 6. The van der Waals surface area contributed by atoms with E-state index in [1.165, 1.54) is 0 Å². The van der Waals surface area contributed by atoms with Gasteiger partial charge in [-0.2, -0.15) is 0 Å². The van der Waals surface area contributed by atoms with Gasteiger partial charge in [0.15, 0.2) is 0 Å². The van der Waals surface area contributed by atoms with E-state index in [0.29, 0.717) is 6.61 Å². The van der Waals surface area contributed by atoms with E-state index < -0.39 is 0 Å². The summed E-state index contributed by atoms with van der Waals surface area (Å²) in [5, 5.41) is 14.2. The number of thiazole rings is 1. The molecular weight excluding hydrogens is 300 g/mol. The molecule has 0 radical (unpaired) electrons. The monoisotopic (exact) mass is 316 g/mol. The number of hydrogen-bond donors (Lipinski definition) is 0. The molecule has 0 N–H and O–H groups in total. The lowest BCUT2D eigenvalue weighted by Crippen LogP contribution is -2.10. The molecule has 22 heavy (non-hydrogen) atoms. The van der Waals surface area contributed by atoms with Crippen molar-refractivity contribution in [2.24, 2.45) is 0 Å². The molecule has 0 aliphatic heterocycles. The van der Waals surface area contributed by atoms with E-state index in [1.807, 2.05) is 43.7 Å². The Balaban J connectivity index is 1.64. The quantitative estimate of drug-likeness (QED) is 0.690. The molecule has 114 valence electrons. The number of aromatic nitrogens is 5. The molecule has 0 atom stereocenters. The van der Waals surface area contributed by atoms with Crippen molar-refractivity contribution >= 4 is 11.3 Å². The highest BCUT2D eigenvalue weighted by atomic mass is 32.1. The first-order chi connectivity index (χ1) is 10.7. The van der Waals surface area contributed by atoms with E-state index in [0.717, 1.165) is 28.7 Å². The number of hydrogen-bond acceptors (Lipinski definition) is 7. The molecule has 0 spiro atoms. The van der Waals surface area contributed by atoms with Gasteiger partial charge in [-0.3, -0.25) is 0 Å². The lowest BCUT2D eigenvalue weighted by atomic mass is 10.3. The minimum absolute atomic E-state index is 0.447. The van der Waals surface area contributed by atoms with Crippen LogP contribution in [0.15, 0.2) is 36.0 Å². The van der Waals surface area contributed by atoms with Crippen LogP contribution in [0.4, 0.5) is 0 Å². The summed E-state index contributed by atoms with van der Waals surface area (Å²) in [5.74, 6) is 0.759. The van der Waals surface area contributed by atoms with Crippen molar-refractivity contribution in [3.8, 4) is 11.4 Å². The normalized spacial score (nSPS) is 11.0. The topological polar surface area (TPSA) is 69.0 Å². The zero-order chi connectivity index (χ0) is 15.4. The molecule has 0 bridgehead atoms. The van der Waals surface area contributed by atoms with Gasteiger partial charge >= 0.3 is 0 Å². The number of ether oxygens (including phenoxy) is 1. The minimum Gasteiger partial charge on any atom is -0.487 e. The first-order valence-corrected chi connectivity index (χ1v) is 7.63. The maximum atomic E-state index is 5.80. The highest BCUT2D eigenvalue weighted by molar-refractivity contribution is 7.09. The molecule has 0 saturated heterocycles. The predicted molar refractivity (Wildman–Crippen MR) is 83.0 cm³/mol. The first kappa shape index (κ1) is 14.6. The van der Waals surface area contributed by atoms with Crippen LogP contribution in [0.3, 0.4) is 0 Å².